The standard InChI is InChI=1S/C12H17NO/c1-9(2)10-3-5-11(6-4-10)12-7-13-8-14-12/h3-6,9,12-13H,7-8H2,1-2H3. The molecule has 0 amide bonds. The van der Waals surface area contributed by atoms with Crippen molar-refractivity contribution in [3.8, 4) is 0 Å². The van der Waals surface area contributed by atoms with Crippen molar-refractivity contribution in [3.05, 3.63) is 35.4 Å². The summed E-state index contributed by atoms with van der Waals surface area (Å²) < 4.78 is 5.53. The van der Waals surface area contributed by atoms with E-state index in [2.05, 4.69) is 43.4 Å². The third kappa shape index (κ3) is 1.97. The first-order valence-electron chi connectivity index (χ1n) is 5.19. The Morgan fingerprint density at radius 2 is 2.00 bits per heavy atom. The van der Waals surface area contributed by atoms with E-state index < -0.39 is 0 Å². The molecule has 2 rings (SSSR count). The Hall–Kier alpha value is -0.860. The van der Waals surface area contributed by atoms with E-state index in [-0.39, 0.29) is 6.10 Å². The molecule has 0 aliphatic carbocycles. The molecule has 1 N–H and O–H groups in total. The van der Waals surface area contributed by atoms with Crippen LogP contribution in [-0.2, 0) is 4.74 Å². The van der Waals surface area contributed by atoms with Crippen LogP contribution in [0.4, 0.5) is 0 Å². The smallest absolute Gasteiger partial charge is 0.0975 e. The highest BCUT2D eigenvalue weighted by atomic mass is 16.5. The fraction of sp³-hybridized carbons (Fsp3) is 0.500. The fourth-order valence-corrected chi connectivity index (χ4v) is 1.72. The van der Waals surface area contributed by atoms with E-state index in [0.29, 0.717) is 12.6 Å². The lowest BCUT2D eigenvalue weighted by Gasteiger charge is -2.10. The summed E-state index contributed by atoms with van der Waals surface area (Å²) in [6.45, 7) is 6.03. The van der Waals surface area contributed by atoms with Gasteiger partial charge in [0, 0.05) is 6.54 Å². The van der Waals surface area contributed by atoms with E-state index in [1.807, 2.05) is 0 Å². The molecule has 14 heavy (non-hydrogen) atoms. The minimum Gasteiger partial charge on any atom is -0.357 e. The van der Waals surface area contributed by atoms with Crippen LogP contribution in [0.25, 0.3) is 0 Å². The summed E-state index contributed by atoms with van der Waals surface area (Å²) in [6, 6.07) is 8.74. The van der Waals surface area contributed by atoms with Crippen LogP contribution in [0.3, 0.4) is 0 Å². The van der Waals surface area contributed by atoms with Crippen LogP contribution < -0.4 is 5.32 Å². The number of ether oxygens (including phenoxy) is 1. The third-order valence-corrected chi connectivity index (χ3v) is 2.69. The van der Waals surface area contributed by atoms with Gasteiger partial charge in [0.2, 0.25) is 0 Å². The molecule has 0 radical (unpaired) electrons. The normalized spacial score (nSPS) is 21.8. The Bertz CT molecular complexity index is 286. The molecule has 0 saturated carbocycles. The zero-order valence-electron chi connectivity index (χ0n) is 8.79. The van der Waals surface area contributed by atoms with Gasteiger partial charge in [-0.05, 0) is 17.0 Å². The van der Waals surface area contributed by atoms with Gasteiger partial charge in [0.1, 0.15) is 0 Å². The molecule has 0 aromatic heterocycles. The van der Waals surface area contributed by atoms with E-state index in [4.69, 9.17) is 4.74 Å². The number of benzene rings is 1. The predicted octanol–water partition coefficient (Wildman–Crippen LogP) is 2.43. The minimum absolute atomic E-state index is 0.246. The maximum atomic E-state index is 5.53. The van der Waals surface area contributed by atoms with Crippen LogP contribution in [0, 0.1) is 0 Å². The average Bonchev–Trinajstić information content (AvgIpc) is 2.71. The monoisotopic (exact) mass is 191 g/mol. The number of rotatable bonds is 2. The average molecular weight is 191 g/mol. The lowest BCUT2D eigenvalue weighted by Crippen LogP contribution is -2.07. The van der Waals surface area contributed by atoms with Gasteiger partial charge in [0.15, 0.2) is 0 Å². The predicted molar refractivity (Wildman–Crippen MR) is 57.2 cm³/mol. The first kappa shape index (κ1) is 9.69. The highest BCUT2D eigenvalue weighted by Gasteiger charge is 2.16. The molecule has 1 atom stereocenters. The maximum Gasteiger partial charge on any atom is 0.0975 e. The Morgan fingerprint density at radius 3 is 2.50 bits per heavy atom. The molecule has 1 saturated heterocycles. The van der Waals surface area contributed by atoms with E-state index in [1.54, 1.807) is 0 Å². The maximum absolute atomic E-state index is 5.53. The molecule has 1 aromatic carbocycles. The second-order valence-electron chi connectivity index (χ2n) is 4.08. The molecular weight excluding hydrogens is 174 g/mol. The van der Waals surface area contributed by atoms with E-state index in [0.717, 1.165) is 6.54 Å². The highest BCUT2D eigenvalue weighted by Crippen LogP contribution is 2.22. The summed E-state index contributed by atoms with van der Waals surface area (Å²) in [4.78, 5) is 0. The first-order chi connectivity index (χ1) is 6.77. The number of nitrogens with one attached hydrogen (secondary N) is 1. The molecule has 0 bridgehead atoms. The Balaban J connectivity index is 2.12. The van der Waals surface area contributed by atoms with E-state index in [9.17, 15) is 0 Å². The Kier molecular flexibility index (Phi) is 2.85. The van der Waals surface area contributed by atoms with Gasteiger partial charge in [-0.3, -0.25) is 5.32 Å². The van der Waals surface area contributed by atoms with Crippen LogP contribution in [0.5, 0.6) is 0 Å². The zero-order chi connectivity index (χ0) is 9.97. The molecular formula is C12H17NO. The Labute approximate surface area is 85.3 Å². The van der Waals surface area contributed by atoms with Gasteiger partial charge in [0.05, 0.1) is 12.8 Å². The Morgan fingerprint density at radius 1 is 1.29 bits per heavy atom. The summed E-state index contributed by atoms with van der Waals surface area (Å²) in [6.07, 6.45) is 0.246. The molecule has 2 heteroatoms. The molecule has 1 aromatic rings. The molecule has 1 aliphatic heterocycles. The van der Waals surface area contributed by atoms with E-state index >= 15 is 0 Å². The van der Waals surface area contributed by atoms with Crippen LogP contribution in [0.2, 0.25) is 0 Å². The molecule has 1 heterocycles. The van der Waals surface area contributed by atoms with Crippen molar-refractivity contribution in [1.82, 2.24) is 5.32 Å². The lowest BCUT2D eigenvalue weighted by atomic mass is 10.00. The van der Waals surface area contributed by atoms with Crippen molar-refractivity contribution in [2.75, 3.05) is 13.3 Å². The van der Waals surface area contributed by atoms with Crippen molar-refractivity contribution >= 4 is 0 Å². The van der Waals surface area contributed by atoms with Gasteiger partial charge < -0.3 is 4.74 Å². The van der Waals surface area contributed by atoms with Crippen LogP contribution in [0.15, 0.2) is 24.3 Å². The quantitative estimate of drug-likeness (QED) is 0.775. The minimum atomic E-state index is 0.246. The molecule has 1 fully saturated rings. The SMILES string of the molecule is CC(C)c1ccc(C2CNCO2)cc1. The lowest BCUT2D eigenvalue weighted by molar-refractivity contribution is 0.114. The second-order valence-corrected chi connectivity index (χ2v) is 4.08. The second kappa shape index (κ2) is 4.11. The summed E-state index contributed by atoms with van der Waals surface area (Å²) in [5.74, 6) is 0.603. The molecule has 1 aliphatic rings. The van der Waals surface area contributed by atoms with E-state index in [1.165, 1.54) is 11.1 Å². The van der Waals surface area contributed by atoms with Crippen molar-refractivity contribution in [1.29, 1.82) is 0 Å². The first-order valence-corrected chi connectivity index (χ1v) is 5.19. The zero-order valence-corrected chi connectivity index (χ0v) is 8.79. The summed E-state index contributed by atoms with van der Waals surface area (Å²) in [7, 11) is 0. The van der Waals surface area contributed by atoms with Crippen molar-refractivity contribution < 1.29 is 4.74 Å². The number of hydrogen-bond acceptors (Lipinski definition) is 2. The highest BCUT2D eigenvalue weighted by molar-refractivity contribution is 5.26. The summed E-state index contributed by atoms with van der Waals surface area (Å²) >= 11 is 0. The summed E-state index contributed by atoms with van der Waals surface area (Å²) in [5, 5.41) is 3.19. The third-order valence-electron chi connectivity index (χ3n) is 2.69. The number of hydrogen-bond donors (Lipinski definition) is 1. The molecule has 0 spiro atoms. The van der Waals surface area contributed by atoms with Crippen molar-refractivity contribution in [3.63, 3.8) is 0 Å². The van der Waals surface area contributed by atoms with Crippen molar-refractivity contribution in [2.24, 2.45) is 0 Å². The van der Waals surface area contributed by atoms with Gasteiger partial charge in [-0.15, -0.1) is 0 Å². The van der Waals surface area contributed by atoms with Gasteiger partial charge >= 0.3 is 0 Å². The molecule has 76 valence electrons. The summed E-state index contributed by atoms with van der Waals surface area (Å²) in [5.41, 5.74) is 2.67. The van der Waals surface area contributed by atoms with Gasteiger partial charge in [-0.2, -0.15) is 0 Å². The van der Waals surface area contributed by atoms with Gasteiger partial charge in [-0.25, -0.2) is 0 Å². The van der Waals surface area contributed by atoms with Gasteiger partial charge in [0.25, 0.3) is 0 Å². The van der Waals surface area contributed by atoms with Crippen molar-refractivity contribution in [2.45, 2.75) is 25.9 Å². The molecule has 1 unspecified atom stereocenters. The van der Waals surface area contributed by atoms with Gasteiger partial charge in [-0.1, -0.05) is 38.1 Å². The largest absolute Gasteiger partial charge is 0.357 e. The molecule has 2 nitrogen and oxygen atoms in total. The topological polar surface area (TPSA) is 21.3 Å². The van der Waals surface area contributed by atoms with Crippen LogP contribution >= 0.6 is 0 Å². The van der Waals surface area contributed by atoms with Crippen LogP contribution in [0.1, 0.15) is 37.0 Å². The van der Waals surface area contributed by atoms with Crippen LogP contribution in [-0.4, -0.2) is 13.3 Å². The fourth-order valence-electron chi connectivity index (χ4n) is 1.72.